The summed E-state index contributed by atoms with van der Waals surface area (Å²) in [5.74, 6) is 0. The number of ether oxygens (including phenoxy) is 1. The SMILES string of the molecule is C1CCCCN(CC2CO2)CCCC1. The highest BCUT2D eigenvalue weighted by Crippen LogP contribution is 2.15. The fraction of sp³-hybridized carbons (Fsp3) is 1.00. The Balaban J connectivity index is 1.68. The van der Waals surface area contributed by atoms with Gasteiger partial charge in [0, 0.05) is 6.54 Å². The van der Waals surface area contributed by atoms with Gasteiger partial charge in [-0.25, -0.2) is 0 Å². The van der Waals surface area contributed by atoms with Crippen molar-refractivity contribution in [2.75, 3.05) is 26.2 Å². The van der Waals surface area contributed by atoms with E-state index < -0.39 is 0 Å². The molecule has 2 aliphatic rings. The molecular weight excluding hydrogens is 174 g/mol. The van der Waals surface area contributed by atoms with Crippen molar-refractivity contribution >= 4 is 0 Å². The first-order valence-corrected chi connectivity index (χ1v) is 6.29. The molecule has 2 fully saturated rings. The van der Waals surface area contributed by atoms with Gasteiger partial charge in [0.25, 0.3) is 0 Å². The smallest absolute Gasteiger partial charge is 0.0936 e. The minimum atomic E-state index is 0.581. The maximum Gasteiger partial charge on any atom is 0.0936 e. The van der Waals surface area contributed by atoms with E-state index in [0.717, 1.165) is 6.61 Å². The van der Waals surface area contributed by atoms with Crippen molar-refractivity contribution in [2.24, 2.45) is 0 Å². The molecular formula is C12H23NO. The second-order valence-electron chi connectivity index (χ2n) is 4.73. The van der Waals surface area contributed by atoms with Gasteiger partial charge in [-0.2, -0.15) is 0 Å². The van der Waals surface area contributed by atoms with E-state index in [4.69, 9.17) is 4.74 Å². The topological polar surface area (TPSA) is 15.8 Å². The molecule has 0 radical (unpaired) electrons. The van der Waals surface area contributed by atoms with Crippen molar-refractivity contribution in [3.05, 3.63) is 0 Å². The lowest BCUT2D eigenvalue weighted by atomic mass is 10.1. The Morgan fingerprint density at radius 3 is 1.86 bits per heavy atom. The number of rotatable bonds is 2. The first kappa shape index (κ1) is 10.4. The molecule has 0 aromatic heterocycles. The van der Waals surface area contributed by atoms with E-state index in [2.05, 4.69) is 4.90 Å². The molecule has 0 spiro atoms. The molecule has 2 nitrogen and oxygen atoms in total. The minimum absolute atomic E-state index is 0.581. The van der Waals surface area contributed by atoms with E-state index in [0.29, 0.717) is 6.10 Å². The van der Waals surface area contributed by atoms with Crippen LogP contribution in [0.4, 0.5) is 0 Å². The van der Waals surface area contributed by atoms with Crippen LogP contribution in [0.15, 0.2) is 0 Å². The summed E-state index contributed by atoms with van der Waals surface area (Å²) in [4.78, 5) is 2.61. The first-order chi connectivity index (χ1) is 6.95. The molecule has 0 aromatic rings. The molecule has 0 aliphatic carbocycles. The minimum Gasteiger partial charge on any atom is -0.372 e. The molecule has 82 valence electrons. The molecule has 0 aromatic carbocycles. The molecule has 0 N–H and O–H groups in total. The van der Waals surface area contributed by atoms with Crippen LogP contribution in [0.5, 0.6) is 0 Å². The van der Waals surface area contributed by atoms with E-state index in [9.17, 15) is 0 Å². The molecule has 1 unspecified atom stereocenters. The number of epoxide rings is 1. The summed E-state index contributed by atoms with van der Waals surface area (Å²) in [7, 11) is 0. The van der Waals surface area contributed by atoms with E-state index in [1.807, 2.05) is 0 Å². The van der Waals surface area contributed by atoms with Gasteiger partial charge in [0.05, 0.1) is 12.7 Å². The fourth-order valence-corrected chi connectivity index (χ4v) is 2.31. The van der Waals surface area contributed by atoms with Crippen LogP contribution in [0.1, 0.15) is 44.9 Å². The lowest BCUT2D eigenvalue weighted by molar-refractivity contribution is 0.229. The van der Waals surface area contributed by atoms with Crippen LogP contribution in [0.2, 0.25) is 0 Å². The summed E-state index contributed by atoms with van der Waals surface area (Å²) in [6, 6.07) is 0. The summed E-state index contributed by atoms with van der Waals surface area (Å²) < 4.78 is 5.30. The van der Waals surface area contributed by atoms with Gasteiger partial charge in [-0.05, 0) is 25.9 Å². The summed E-state index contributed by atoms with van der Waals surface area (Å²) >= 11 is 0. The van der Waals surface area contributed by atoms with Crippen molar-refractivity contribution in [3.63, 3.8) is 0 Å². The van der Waals surface area contributed by atoms with E-state index in [-0.39, 0.29) is 0 Å². The maximum absolute atomic E-state index is 5.30. The van der Waals surface area contributed by atoms with E-state index >= 15 is 0 Å². The van der Waals surface area contributed by atoms with Gasteiger partial charge in [-0.3, -0.25) is 0 Å². The Morgan fingerprint density at radius 2 is 1.36 bits per heavy atom. The van der Waals surface area contributed by atoms with Crippen LogP contribution in [0, 0.1) is 0 Å². The van der Waals surface area contributed by atoms with Crippen LogP contribution in [-0.2, 0) is 4.74 Å². The van der Waals surface area contributed by atoms with Gasteiger partial charge < -0.3 is 9.64 Å². The van der Waals surface area contributed by atoms with Crippen LogP contribution in [0.25, 0.3) is 0 Å². The number of hydrogen-bond donors (Lipinski definition) is 0. The first-order valence-electron chi connectivity index (χ1n) is 6.29. The van der Waals surface area contributed by atoms with Crippen LogP contribution < -0.4 is 0 Å². The van der Waals surface area contributed by atoms with Crippen molar-refractivity contribution in [1.82, 2.24) is 4.90 Å². The molecule has 0 saturated carbocycles. The van der Waals surface area contributed by atoms with Crippen LogP contribution in [-0.4, -0.2) is 37.2 Å². The number of hydrogen-bond acceptors (Lipinski definition) is 2. The van der Waals surface area contributed by atoms with E-state index in [1.165, 1.54) is 64.6 Å². The monoisotopic (exact) mass is 197 g/mol. The second-order valence-corrected chi connectivity index (χ2v) is 4.73. The average molecular weight is 197 g/mol. The Kier molecular flexibility index (Phi) is 4.26. The highest BCUT2D eigenvalue weighted by Gasteiger charge is 2.24. The van der Waals surface area contributed by atoms with Gasteiger partial charge in [0.1, 0.15) is 0 Å². The fourth-order valence-electron chi connectivity index (χ4n) is 2.31. The van der Waals surface area contributed by atoms with E-state index in [1.54, 1.807) is 0 Å². The third-order valence-corrected chi connectivity index (χ3v) is 3.31. The molecule has 0 bridgehead atoms. The summed E-state index contributed by atoms with van der Waals surface area (Å²) in [5.41, 5.74) is 0. The third-order valence-electron chi connectivity index (χ3n) is 3.31. The van der Waals surface area contributed by atoms with Crippen LogP contribution >= 0.6 is 0 Å². The molecule has 2 saturated heterocycles. The zero-order valence-electron chi connectivity index (χ0n) is 9.21. The molecule has 14 heavy (non-hydrogen) atoms. The van der Waals surface area contributed by atoms with Gasteiger partial charge in [0.15, 0.2) is 0 Å². The summed E-state index contributed by atoms with van der Waals surface area (Å²) in [5, 5.41) is 0. The van der Waals surface area contributed by atoms with Gasteiger partial charge >= 0.3 is 0 Å². The average Bonchev–Trinajstić information content (AvgIpc) is 3.00. The normalized spacial score (nSPS) is 31.3. The van der Waals surface area contributed by atoms with Gasteiger partial charge in [0.2, 0.25) is 0 Å². The maximum atomic E-state index is 5.30. The zero-order valence-corrected chi connectivity index (χ0v) is 9.21. The van der Waals surface area contributed by atoms with Crippen molar-refractivity contribution in [1.29, 1.82) is 0 Å². The zero-order chi connectivity index (χ0) is 9.64. The van der Waals surface area contributed by atoms with Crippen molar-refractivity contribution < 1.29 is 4.74 Å². The molecule has 0 amide bonds. The Morgan fingerprint density at radius 1 is 0.857 bits per heavy atom. The summed E-state index contributed by atoms with van der Waals surface area (Å²) in [6.07, 6.45) is 10.6. The highest BCUT2D eigenvalue weighted by atomic mass is 16.6. The molecule has 2 aliphatic heterocycles. The summed E-state index contributed by atoms with van der Waals surface area (Å²) in [6.45, 7) is 4.82. The lowest BCUT2D eigenvalue weighted by Gasteiger charge is -2.22. The highest BCUT2D eigenvalue weighted by molar-refractivity contribution is 4.74. The Labute approximate surface area is 87.6 Å². The molecule has 2 heteroatoms. The van der Waals surface area contributed by atoms with Gasteiger partial charge in [-0.15, -0.1) is 0 Å². The lowest BCUT2D eigenvalue weighted by Crippen LogP contribution is -2.30. The molecule has 2 heterocycles. The largest absolute Gasteiger partial charge is 0.372 e. The van der Waals surface area contributed by atoms with Crippen molar-refractivity contribution in [3.8, 4) is 0 Å². The third kappa shape index (κ3) is 3.97. The quantitative estimate of drug-likeness (QED) is 0.632. The predicted octanol–water partition coefficient (Wildman–Crippen LogP) is 2.43. The molecule has 1 atom stereocenters. The Hall–Kier alpha value is -0.0800. The second kappa shape index (κ2) is 5.72. The Bertz CT molecular complexity index is 146. The number of nitrogens with zero attached hydrogens (tertiary/aromatic N) is 1. The predicted molar refractivity (Wildman–Crippen MR) is 58.5 cm³/mol. The standard InChI is InChI=1S/C12H23NO/c1-2-4-6-8-13(9-7-5-3-1)10-12-11-14-12/h12H,1-11H2. The van der Waals surface area contributed by atoms with Gasteiger partial charge in [-0.1, -0.05) is 32.1 Å². The molecule has 2 rings (SSSR count). The van der Waals surface area contributed by atoms with Crippen LogP contribution in [0.3, 0.4) is 0 Å². The van der Waals surface area contributed by atoms with Crippen molar-refractivity contribution in [2.45, 2.75) is 51.0 Å².